The molecule has 1 fully saturated rings. The highest BCUT2D eigenvalue weighted by atomic mass is 32.1. The molecular formula is C9H18NO2S+. The van der Waals surface area contributed by atoms with E-state index in [1.54, 1.807) is 0 Å². The Labute approximate surface area is 84.6 Å². The quantitative estimate of drug-likeness (QED) is 0.500. The first-order valence-electron chi connectivity index (χ1n) is 4.87. The Morgan fingerprint density at radius 2 is 2.46 bits per heavy atom. The fourth-order valence-electron chi connectivity index (χ4n) is 1.80. The van der Waals surface area contributed by atoms with Gasteiger partial charge in [-0.3, -0.25) is 4.79 Å². The molecule has 0 aromatic carbocycles. The van der Waals surface area contributed by atoms with Crippen LogP contribution in [-0.4, -0.2) is 30.4 Å². The van der Waals surface area contributed by atoms with Gasteiger partial charge >= 0.3 is 5.97 Å². The van der Waals surface area contributed by atoms with Crippen molar-refractivity contribution in [3.05, 3.63) is 0 Å². The third-order valence-electron chi connectivity index (χ3n) is 2.66. The predicted molar refractivity (Wildman–Crippen MR) is 53.9 cm³/mol. The Morgan fingerprint density at radius 3 is 2.92 bits per heavy atom. The Morgan fingerprint density at radius 1 is 1.69 bits per heavy atom. The van der Waals surface area contributed by atoms with Gasteiger partial charge in [-0.25, -0.2) is 0 Å². The maximum absolute atomic E-state index is 11.1. The number of esters is 1. The van der Waals surface area contributed by atoms with E-state index in [9.17, 15) is 4.79 Å². The zero-order valence-electron chi connectivity index (χ0n) is 8.08. The zero-order valence-corrected chi connectivity index (χ0v) is 8.98. The maximum atomic E-state index is 11.1. The lowest BCUT2D eigenvalue weighted by molar-refractivity contribution is -0.676. The van der Waals surface area contributed by atoms with Crippen LogP contribution in [0.1, 0.15) is 26.2 Å². The molecule has 0 saturated carbocycles. The van der Waals surface area contributed by atoms with E-state index in [0.29, 0.717) is 0 Å². The summed E-state index contributed by atoms with van der Waals surface area (Å²) in [7, 11) is 0. The molecule has 1 aliphatic heterocycles. The minimum absolute atomic E-state index is 0.182. The monoisotopic (exact) mass is 204 g/mol. The highest BCUT2D eigenvalue weighted by molar-refractivity contribution is 7.81. The fourth-order valence-corrected chi connectivity index (χ4v) is 1.86. The molecule has 0 bridgehead atoms. The van der Waals surface area contributed by atoms with Crippen LogP contribution in [0.25, 0.3) is 0 Å². The normalized spacial score (nSPS) is 28.5. The van der Waals surface area contributed by atoms with Crippen LogP contribution in [0.15, 0.2) is 0 Å². The molecule has 1 atom stereocenters. The second kappa shape index (κ2) is 4.86. The Kier molecular flexibility index (Phi) is 4.06. The van der Waals surface area contributed by atoms with E-state index in [1.807, 2.05) is 0 Å². The van der Waals surface area contributed by atoms with Crippen LogP contribution in [0.4, 0.5) is 0 Å². The summed E-state index contributed by atoms with van der Waals surface area (Å²) in [5.74, 6) is -0.0117. The van der Waals surface area contributed by atoms with E-state index < -0.39 is 0 Å². The first kappa shape index (κ1) is 10.9. The molecule has 0 spiro atoms. The van der Waals surface area contributed by atoms with Crippen molar-refractivity contribution in [3.8, 4) is 0 Å². The molecule has 0 aliphatic carbocycles. The Hall–Kier alpha value is -0.220. The molecule has 1 unspecified atom stereocenters. The van der Waals surface area contributed by atoms with E-state index >= 15 is 0 Å². The summed E-state index contributed by atoms with van der Waals surface area (Å²) in [5.41, 5.74) is -0.210. The van der Waals surface area contributed by atoms with Gasteiger partial charge < -0.3 is 10.1 Å². The number of thiol groups is 1. The average Bonchev–Trinajstić information content (AvgIpc) is 2.19. The largest absolute Gasteiger partial charge is 0.452 e. The number of carbonyl (C=O) groups is 1. The average molecular weight is 204 g/mol. The summed E-state index contributed by atoms with van der Waals surface area (Å²) in [5, 5.41) is 2.22. The van der Waals surface area contributed by atoms with Crippen molar-refractivity contribution in [2.75, 3.05) is 18.8 Å². The van der Waals surface area contributed by atoms with Crippen molar-refractivity contribution in [2.45, 2.75) is 31.8 Å². The smallest absolute Gasteiger partial charge is 0.316 e. The van der Waals surface area contributed by atoms with Gasteiger partial charge in [-0.05, 0) is 12.8 Å². The second-order valence-electron chi connectivity index (χ2n) is 3.55. The first-order valence-corrected chi connectivity index (χ1v) is 5.50. The number of piperidine rings is 1. The van der Waals surface area contributed by atoms with Crippen LogP contribution in [0, 0.1) is 0 Å². The van der Waals surface area contributed by atoms with Gasteiger partial charge in [0.1, 0.15) is 6.54 Å². The first-order chi connectivity index (χ1) is 6.22. The number of hydrogen-bond donors (Lipinski definition) is 2. The van der Waals surface area contributed by atoms with Gasteiger partial charge in [0.15, 0.2) is 5.60 Å². The van der Waals surface area contributed by atoms with Gasteiger partial charge in [-0.2, -0.15) is 12.6 Å². The Balaban J connectivity index is 2.52. The number of carbonyl (C=O) groups excluding carboxylic acids is 1. The van der Waals surface area contributed by atoms with E-state index in [2.05, 4.69) is 24.9 Å². The summed E-state index contributed by atoms with van der Waals surface area (Å²) in [6, 6.07) is 0. The van der Waals surface area contributed by atoms with Gasteiger partial charge in [-0.15, -0.1) is 0 Å². The van der Waals surface area contributed by atoms with Crippen molar-refractivity contribution >= 4 is 18.6 Å². The molecule has 1 heterocycles. The van der Waals surface area contributed by atoms with Crippen molar-refractivity contribution in [2.24, 2.45) is 0 Å². The SMILES string of the molecule is CCC1(OC(=O)CS)CCC[NH2+]C1. The standard InChI is InChI=1S/C9H17NO2S/c1-2-9(12-8(11)6-13)4-3-5-10-7-9/h10,13H,2-7H2,1H3/p+1. The summed E-state index contributed by atoms with van der Waals surface area (Å²) in [6.45, 7) is 4.13. The highest BCUT2D eigenvalue weighted by Crippen LogP contribution is 2.22. The molecule has 0 aromatic heterocycles. The van der Waals surface area contributed by atoms with Gasteiger partial charge in [0.2, 0.25) is 0 Å². The highest BCUT2D eigenvalue weighted by Gasteiger charge is 2.36. The zero-order chi connectivity index (χ0) is 9.73. The molecular weight excluding hydrogens is 186 g/mol. The number of quaternary nitrogens is 1. The molecule has 2 N–H and O–H groups in total. The third kappa shape index (κ3) is 2.88. The van der Waals surface area contributed by atoms with Crippen LogP contribution in [-0.2, 0) is 9.53 Å². The second-order valence-corrected chi connectivity index (χ2v) is 3.87. The molecule has 3 nitrogen and oxygen atoms in total. The summed E-state index contributed by atoms with van der Waals surface area (Å²) < 4.78 is 5.43. The molecule has 1 aliphatic rings. The Bertz CT molecular complexity index is 178. The van der Waals surface area contributed by atoms with E-state index in [-0.39, 0.29) is 17.3 Å². The lowest BCUT2D eigenvalue weighted by Crippen LogP contribution is -2.90. The van der Waals surface area contributed by atoms with Crippen LogP contribution in [0.5, 0.6) is 0 Å². The van der Waals surface area contributed by atoms with E-state index in [1.165, 1.54) is 0 Å². The number of nitrogens with two attached hydrogens (primary N) is 1. The van der Waals surface area contributed by atoms with Crippen LogP contribution in [0.2, 0.25) is 0 Å². The minimum atomic E-state index is -0.210. The van der Waals surface area contributed by atoms with Gasteiger partial charge in [0.25, 0.3) is 0 Å². The van der Waals surface area contributed by atoms with Crippen molar-refractivity contribution in [1.82, 2.24) is 0 Å². The summed E-state index contributed by atoms with van der Waals surface area (Å²) in [4.78, 5) is 11.1. The van der Waals surface area contributed by atoms with Crippen molar-refractivity contribution < 1.29 is 14.8 Å². The van der Waals surface area contributed by atoms with Crippen LogP contribution < -0.4 is 5.32 Å². The lowest BCUT2D eigenvalue weighted by atomic mass is 9.91. The van der Waals surface area contributed by atoms with Crippen molar-refractivity contribution in [3.63, 3.8) is 0 Å². The molecule has 13 heavy (non-hydrogen) atoms. The maximum Gasteiger partial charge on any atom is 0.316 e. The van der Waals surface area contributed by atoms with E-state index in [0.717, 1.165) is 32.4 Å². The molecule has 4 heteroatoms. The molecule has 0 radical (unpaired) electrons. The molecule has 0 amide bonds. The topological polar surface area (TPSA) is 42.9 Å². The number of hydrogen-bond acceptors (Lipinski definition) is 3. The minimum Gasteiger partial charge on any atom is -0.452 e. The number of rotatable bonds is 3. The van der Waals surface area contributed by atoms with Crippen LogP contribution >= 0.6 is 12.6 Å². The van der Waals surface area contributed by atoms with Crippen LogP contribution in [0.3, 0.4) is 0 Å². The molecule has 1 rings (SSSR count). The third-order valence-corrected chi connectivity index (χ3v) is 2.92. The molecule has 76 valence electrons. The van der Waals surface area contributed by atoms with Crippen molar-refractivity contribution in [1.29, 1.82) is 0 Å². The number of ether oxygens (including phenoxy) is 1. The van der Waals surface area contributed by atoms with E-state index in [4.69, 9.17) is 4.74 Å². The van der Waals surface area contributed by atoms with Gasteiger partial charge in [0.05, 0.1) is 12.3 Å². The fraction of sp³-hybridized carbons (Fsp3) is 0.889. The molecule has 0 aromatic rings. The summed E-state index contributed by atoms with van der Waals surface area (Å²) >= 11 is 3.91. The predicted octanol–water partition coefficient (Wildman–Crippen LogP) is -0.0346. The van der Waals surface area contributed by atoms with Gasteiger partial charge in [-0.1, -0.05) is 6.92 Å². The van der Waals surface area contributed by atoms with Gasteiger partial charge in [0, 0.05) is 6.42 Å². The molecule has 1 saturated heterocycles. The summed E-state index contributed by atoms with van der Waals surface area (Å²) in [6.07, 6.45) is 3.04. The lowest BCUT2D eigenvalue weighted by Gasteiger charge is -2.33.